The molecule has 1 unspecified atom stereocenters. The molecule has 2 aromatic rings. The lowest BCUT2D eigenvalue weighted by Gasteiger charge is -2.14. The summed E-state index contributed by atoms with van der Waals surface area (Å²) in [5.41, 5.74) is 0. The Morgan fingerprint density at radius 2 is 1.87 bits per heavy atom. The molecule has 0 heterocycles. The van der Waals surface area contributed by atoms with Crippen molar-refractivity contribution in [2.75, 3.05) is 19.7 Å². The molecule has 0 radical (unpaired) electrons. The molecule has 0 amide bonds. The van der Waals surface area contributed by atoms with E-state index < -0.39 is 6.10 Å². The van der Waals surface area contributed by atoms with Gasteiger partial charge in [0, 0.05) is 24.9 Å². The molecule has 4 heteroatoms. The lowest BCUT2D eigenvalue weighted by Crippen LogP contribution is -2.32. The van der Waals surface area contributed by atoms with Crippen LogP contribution in [-0.2, 0) is 4.79 Å². The number of ether oxygens (including phenoxy) is 1. The maximum atomic E-state index is 10.2. The standard InChI is InChI=1S/C16H19NO3.C3H8/c18-10-4-9-17-11-14(19)12-20-16-8-3-6-13-5-1-2-7-15(13)16;1-3-2/h1-3,5-8,10,14,17,19H,4,9,11-12H2;3H2,1-2H3. The van der Waals surface area contributed by atoms with E-state index >= 15 is 0 Å². The van der Waals surface area contributed by atoms with Gasteiger partial charge in [-0.05, 0) is 11.5 Å². The van der Waals surface area contributed by atoms with Crippen molar-refractivity contribution in [3.05, 3.63) is 42.5 Å². The van der Waals surface area contributed by atoms with E-state index in [0.717, 1.165) is 22.8 Å². The average molecular weight is 317 g/mol. The summed E-state index contributed by atoms with van der Waals surface area (Å²) in [6.45, 7) is 5.47. The number of nitrogens with one attached hydrogen (secondary N) is 1. The van der Waals surface area contributed by atoms with Gasteiger partial charge in [0.25, 0.3) is 0 Å². The lowest BCUT2D eigenvalue weighted by molar-refractivity contribution is -0.107. The Morgan fingerprint density at radius 1 is 1.17 bits per heavy atom. The van der Waals surface area contributed by atoms with E-state index in [0.29, 0.717) is 19.5 Å². The minimum atomic E-state index is -0.597. The van der Waals surface area contributed by atoms with Crippen molar-refractivity contribution >= 4 is 17.1 Å². The first kappa shape index (κ1) is 19.1. The van der Waals surface area contributed by atoms with Crippen LogP contribution in [-0.4, -0.2) is 37.2 Å². The van der Waals surface area contributed by atoms with Gasteiger partial charge in [-0.15, -0.1) is 0 Å². The minimum Gasteiger partial charge on any atom is -0.490 e. The Kier molecular flexibility index (Phi) is 9.68. The first-order valence-electron chi connectivity index (χ1n) is 8.15. The molecular weight excluding hydrogens is 290 g/mol. The summed E-state index contributed by atoms with van der Waals surface area (Å²) in [6, 6.07) is 13.8. The summed E-state index contributed by atoms with van der Waals surface area (Å²) in [5.74, 6) is 0.773. The maximum absolute atomic E-state index is 10.2. The van der Waals surface area contributed by atoms with Crippen LogP contribution in [0.2, 0.25) is 0 Å². The summed E-state index contributed by atoms with van der Waals surface area (Å²) in [7, 11) is 0. The Labute approximate surface area is 138 Å². The second-order valence-electron chi connectivity index (χ2n) is 5.31. The summed E-state index contributed by atoms with van der Waals surface area (Å²) >= 11 is 0. The fourth-order valence-electron chi connectivity index (χ4n) is 2.00. The lowest BCUT2D eigenvalue weighted by atomic mass is 10.1. The van der Waals surface area contributed by atoms with Crippen LogP contribution in [0.25, 0.3) is 10.8 Å². The molecule has 0 aliphatic rings. The topological polar surface area (TPSA) is 58.6 Å². The maximum Gasteiger partial charge on any atom is 0.127 e. The van der Waals surface area contributed by atoms with E-state index in [1.54, 1.807) is 0 Å². The SMILES string of the molecule is CCC.O=CCCNCC(O)COc1cccc2ccccc12. The Balaban J connectivity index is 0.000000816. The second kappa shape index (κ2) is 11.6. The van der Waals surface area contributed by atoms with E-state index in [2.05, 4.69) is 19.2 Å². The number of benzene rings is 2. The van der Waals surface area contributed by atoms with Crippen LogP contribution in [0.3, 0.4) is 0 Å². The minimum absolute atomic E-state index is 0.224. The highest BCUT2D eigenvalue weighted by Crippen LogP contribution is 2.25. The molecular formula is C19H27NO3. The number of aliphatic hydroxyl groups is 1. The van der Waals surface area contributed by atoms with E-state index in [1.807, 2.05) is 42.5 Å². The molecule has 0 aliphatic heterocycles. The first-order chi connectivity index (χ1) is 11.2. The van der Waals surface area contributed by atoms with Gasteiger partial charge in [-0.1, -0.05) is 56.7 Å². The Hall–Kier alpha value is -1.91. The molecule has 0 aliphatic carbocycles. The van der Waals surface area contributed by atoms with E-state index in [1.165, 1.54) is 6.42 Å². The predicted octanol–water partition coefficient (Wildman–Crippen LogP) is 3.17. The summed E-state index contributed by atoms with van der Waals surface area (Å²) in [4.78, 5) is 10.2. The van der Waals surface area contributed by atoms with Crippen molar-refractivity contribution in [1.29, 1.82) is 0 Å². The molecule has 2 rings (SSSR count). The van der Waals surface area contributed by atoms with Crippen molar-refractivity contribution < 1.29 is 14.6 Å². The number of hydrogen-bond acceptors (Lipinski definition) is 4. The molecule has 2 aromatic carbocycles. The molecule has 0 saturated heterocycles. The van der Waals surface area contributed by atoms with Crippen molar-refractivity contribution in [3.8, 4) is 5.75 Å². The van der Waals surface area contributed by atoms with Crippen LogP contribution in [0, 0.1) is 0 Å². The van der Waals surface area contributed by atoms with Crippen LogP contribution >= 0.6 is 0 Å². The summed E-state index contributed by atoms with van der Waals surface area (Å²) in [5, 5.41) is 15.0. The van der Waals surface area contributed by atoms with Crippen molar-refractivity contribution in [2.45, 2.75) is 32.8 Å². The Bertz CT molecular complexity index is 566. The molecule has 0 saturated carbocycles. The highest BCUT2D eigenvalue weighted by molar-refractivity contribution is 5.88. The number of carbonyl (C=O) groups excluding carboxylic acids is 1. The zero-order valence-electron chi connectivity index (χ0n) is 14.0. The zero-order valence-corrected chi connectivity index (χ0v) is 14.0. The number of fused-ring (bicyclic) bond motifs is 1. The highest BCUT2D eigenvalue weighted by Gasteiger charge is 2.06. The molecule has 0 aromatic heterocycles. The number of rotatable bonds is 8. The van der Waals surface area contributed by atoms with Gasteiger partial charge in [-0.3, -0.25) is 0 Å². The largest absolute Gasteiger partial charge is 0.490 e. The highest BCUT2D eigenvalue weighted by atomic mass is 16.5. The van der Waals surface area contributed by atoms with Crippen LogP contribution < -0.4 is 10.1 Å². The fourth-order valence-corrected chi connectivity index (χ4v) is 2.00. The predicted molar refractivity (Wildman–Crippen MR) is 95.0 cm³/mol. The van der Waals surface area contributed by atoms with Gasteiger partial charge in [-0.25, -0.2) is 0 Å². The molecule has 126 valence electrons. The van der Waals surface area contributed by atoms with Crippen molar-refractivity contribution in [2.24, 2.45) is 0 Å². The van der Waals surface area contributed by atoms with Gasteiger partial charge in [-0.2, -0.15) is 0 Å². The Morgan fingerprint density at radius 3 is 2.61 bits per heavy atom. The third-order valence-electron chi connectivity index (χ3n) is 3.00. The molecule has 0 fully saturated rings. The number of hydrogen-bond donors (Lipinski definition) is 2. The van der Waals surface area contributed by atoms with Gasteiger partial charge in [0.05, 0.1) is 0 Å². The third kappa shape index (κ3) is 7.26. The van der Waals surface area contributed by atoms with Crippen LogP contribution in [0.1, 0.15) is 26.7 Å². The van der Waals surface area contributed by atoms with Crippen LogP contribution in [0.5, 0.6) is 5.75 Å². The normalized spacial score (nSPS) is 11.4. The van der Waals surface area contributed by atoms with Gasteiger partial charge >= 0.3 is 0 Å². The van der Waals surface area contributed by atoms with E-state index in [4.69, 9.17) is 4.74 Å². The molecule has 23 heavy (non-hydrogen) atoms. The molecule has 0 spiro atoms. The first-order valence-corrected chi connectivity index (χ1v) is 8.15. The third-order valence-corrected chi connectivity index (χ3v) is 3.00. The van der Waals surface area contributed by atoms with Crippen molar-refractivity contribution in [3.63, 3.8) is 0 Å². The zero-order chi connectivity index (χ0) is 16.9. The fraction of sp³-hybridized carbons (Fsp3) is 0.421. The molecule has 1 atom stereocenters. The monoisotopic (exact) mass is 317 g/mol. The summed E-state index contributed by atoms with van der Waals surface area (Å²) in [6.07, 6.45) is 1.96. The van der Waals surface area contributed by atoms with E-state index in [9.17, 15) is 9.90 Å². The van der Waals surface area contributed by atoms with Gasteiger partial charge < -0.3 is 20.0 Å². The average Bonchev–Trinajstić information content (AvgIpc) is 2.57. The van der Waals surface area contributed by atoms with Crippen molar-refractivity contribution in [1.82, 2.24) is 5.32 Å². The van der Waals surface area contributed by atoms with Gasteiger partial charge in [0.15, 0.2) is 0 Å². The molecule has 2 N–H and O–H groups in total. The van der Waals surface area contributed by atoms with Gasteiger partial charge in [0.1, 0.15) is 24.7 Å². The number of carbonyl (C=O) groups is 1. The van der Waals surface area contributed by atoms with Crippen LogP contribution in [0.15, 0.2) is 42.5 Å². The summed E-state index contributed by atoms with van der Waals surface area (Å²) < 4.78 is 5.68. The molecule has 0 bridgehead atoms. The van der Waals surface area contributed by atoms with Crippen LogP contribution in [0.4, 0.5) is 0 Å². The quantitative estimate of drug-likeness (QED) is 0.580. The molecule has 4 nitrogen and oxygen atoms in total. The smallest absolute Gasteiger partial charge is 0.127 e. The second-order valence-corrected chi connectivity index (χ2v) is 5.31. The number of aliphatic hydroxyl groups excluding tert-OH is 1. The van der Waals surface area contributed by atoms with Gasteiger partial charge in [0.2, 0.25) is 0 Å². The number of aldehydes is 1. The van der Waals surface area contributed by atoms with E-state index in [-0.39, 0.29) is 6.61 Å².